The summed E-state index contributed by atoms with van der Waals surface area (Å²) in [6.45, 7) is 3.31. The fourth-order valence-electron chi connectivity index (χ4n) is 4.65. The second-order valence-electron chi connectivity index (χ2n) is 10.1. The monoisotopic (exact) mass is 537 g/mol. The first-order valence-electron chi connectivity index (χ1n) is 13.4. The molecule has 5 rings (SSSR count). The molecule has 0 unspecified atom stereocenters. The number of ketones is 1. The van der Waals surface area contributed by atoms with Gasteiger partial charge in [-0.15, -0.1) is 0 Å². The Morgan fingerprint density at radius 3 is 2.17 bits per heavy atom. The number of nitrogens with zero attached hydrogens (tertiary/aromatic N) is 4. The number of amides is 1. The highest BCUT2D eigenvalue weighted by Gasteiger charge is 2.19. The predicted octanol–water partition coefficient (Wildman–Crippen LogP) is 4.69. The van der Waals surface area contributed by atoms with Gasteiger partial charge < -0.3 is 15.1 Å². The van der Waals surface area contributed by atoms with E-state index < -0.39 is 5.82 Å². The van der Waals surface area contributed by atoms with E-state index in [-0.39, 0.29) is 29.8 Å². The number of benzene rings is 3. The SMILES string of the molecule is CN1CCN(C(=O)Cc2ccc(Nc3ncc(F)c(Cc4ccc(C(=O)Cc5ccccc5)cc4)n3)cc2)CC1. The van der Waals surface area contributed by atoms with E-state index in [1.54, 1.807) is 12.1 Å². The van der Waals surface area contributed by atoms with Gasteiger partial charge >= 0.3 is 0 Å². The van der Waals surface area contributed by atoms with Gasteiger partial charge in [-0.05, 0) is 35.9 Å². The second kappa shape index (κ2) is 12.6. The molecule has 0 saturated carbocycles. The summed E-state index contributed by atoms with van der Waals surface area (Å²) in [5.74, 6) is -0.0408. The zero-order chi connectivity index (χ0) is 27.9. The number of halogens is 1. The maximum absolute atomic E-state index is 14.5. The summed E-state index contributed by atoms with van der Waals surface area (Å²) in [5, 5.41) is 3.12. The molecule has 0 radical (unpaired) electrons. The van der Waals surface area contributed by atoms with Crippen LogP contribution >= 0.6 is 0 Å². The van der Waals surface area contributed by atoms with Gasteiger partial charge in [-0.2, -0.15) is 0 Å². The molecule has 8 heteroatoms. The summed E-state index contributed by atoms with van der Waals surface area (Å²) < 4.78 is 14.5. The molecule has 1 aromatic heterocycles. The number of piperazine rings is 1. The molecule has 1 fully saturated rings. The van der Waals surface area contributed by atoms with Crippen LogP contribution in [0.1, 0.15) is 32.7 Å². The van der Waals surface area contributed by atoms with Crippen molar-refractivity contribution in [3.05, 3.63) is 119 Å². The third-order valence-electron chi connectivity index (χ3n) is 7.09. The lowest BCUT2D eigenvalue weighted by Crippen LogP contribution is -2.47. The van der Waals surface area contributed by atoms with Gasteiger partial charge in [-0.1, -0.05) is 66.7 Å². The zero-order valence-electron chi connectivity index (χ0n) is 22.5. The summed E-state index contributed by atoms with van der Waals surface area (Å²) in [7, 11) is 2.07. The summed E-state index contributed by atoms with van der Waals surface area (Å²) in [6, 6.07) is 24.4. The molecule has 0 aliphatic carbocycles. The molecule has 40 heavy (non-hydrogen) atoms. The number of nitrogens with one attached hydrogen (secondary N) is 1. The molecule has 3 aromatic carbocycles. The molecule has 1 aliphatic rings. The molecule has 1 N–H and O–H groups in total. The Bertz CT molecular complexity index is 1450. The van der Waals surface area contributed by atoms with E-state index in [9.17, 15) is 14.0 Å². The van der Waals surface area contributed by atoms with E-state index in [1.165, 1.54) is 0 Å². The van der Waals surface area contributed by atoms with E-state index in [1.807, 2.05) is 71.6 Å². The summed E-state index contributed by atoms with van der Waals surface area (Å²) in [6.07, 6.45) is 2.12. The van der Waals surface area contributed by atoms with E-state index in [2.05, 4.69) is 27.2 Å². The summed E-state index contributed by atoms with van der Waals surface area (Å²) in [4.78, 5) is 37.8. The van der Waals surface area contributed by atoms with Gasteiger partial charge in [0.1, 0.15) is 0 Å². The lowest BCUT2D eigenvalue weighted by Gasteiger charge is -2.32. The minimum atomic E-state index is -0.493. The van der Waals surface area contributed by atoms with Gasteiger partial charge in [0.05, 0.1) is 18.3 Å². The maximum atomic E-state index is 14.5. The minimum absolute atomic E-state index is 0.0344. The predicted molar refractivity (Wildman–Crippen MR) is 153 cm³/mol. The smallest absolute Gasteiger partial charge is 0.227 e. The highest BCUT2D eigenvalue weighted by molar-refractivity contribution is 5.97. The van der Waals surface area contributed by atoms with E-state index in [0.29, 0.717) is 18.4 Å². The number of rotatable bonds is 9. The first-order valence-corrected chi connectivity index (χ1v) is 13.4. The summed E-state index contributed by atoms with van der Waals surface area (Å²) in [5.41, 5.74) is 4.36. The van der Waals surface area contributed by atoms with Gasteiger partial charge in [0.2, 0.25) is 11.9 Å². The Balaban J connectivity index is 1.18. The molecule has 0 atom stereocenters. The molecule has 7 nitrogen and oxygen atoms in total. The van der Waals surface area contributed by atoms with Crippen LogP contribution in [0.4, 0.5) is 16.0 Å². The number of likely N-dealkylation sites (N-methyl/N-ethyl adjacent to an activating group) is 1. The van der Waals surface area contributed by atoms with Crippen LogP contribution < -0.4 is 5.32 Å². The molecule has 0 spiro atoms. The fraction of sp³-hybridized carbons (Fsp3) is 0.250. The zero-order valence-corrected chi connectivity index (χ0v) is 22.5. The number of carbonyl (C=O) groups is 2. The Hall–Kier alpha value is -4.43. The van der Waals surface area contributed by atoms with Gasteiger partial charge in [-0.25, -0.2) is 14.4 Å². The topological polar surface area (TPSA) is 78.4 Å². The van der Waals surface area contributed by atoms with Crippen LogP contribution in [0, 0.1) is 5.82 Å². The van der Waals surface area contributed by atoms with Crippen molar-refractivity contribution < 1.29 is 14.0 Å². The Morgan fingerprint density at radius 2 is 1.48 bits per heavy atom. The van der Waals surface area contributed by atoms with E-state index in [4.69, 9.17) is 0 Å². The highest BCUT2D eigenvalue weighted by Crippen LogP contribution is 2.18. The molecule has 0 bridgehead atoms. The van der Waals surface area contributed by atoms with Crippen LogP contribution in [0.5, 0.6) is 0 Å². The molecule has 204 valence electrons. The fourth-order valence-corrected chi connectivity index (χ4v) is 4.65. The molecule has 2 heterocycles. The van der Waals surface area contributed by atoms with Gasteiger partial charge in [0.15, 0.2) is 11.6 Å². The Kier molecular flexibility index (Phi) is 8.56. The summed E-state index contributed by atoms with van der Waals surface area (Å²) >= 11 is 0. The normalized spacial score (nSPS) is 13.7. The van der Waals surface area contributed by atoms with Gasteiger partial charge in [-0.3, -0.25) is 9.59 Å². The largest absolute Gasteiger partial charge is 0.340 e. The maximum Gasteiger partial charge on any atom is 0.227 e. The molecule has 1 aliphatic heterocycles. The average molecular weight is 538 g/mol. The molecular formula is C32H32FN5O2. The number of carbonyl (C=O) groups excluding carboxylic acids is 2. The number of hydrogen-bond acceptors (Lipinski definition) is 6. The van der Waals surface area contributed by atoms with Crippen molar-refractivity contribution in [2.24, 2.45) is 0 Å². The first kappa shape index (κ1) is 27.1. The van der Waals surface area contributed by atoms with Crippen molar-refractivity contribution in [1.82, 2.24) is 19.8 Å². The highest BCUT2D eigenvalue weighted by atomic mass is 19.1. The number of Topliss-reactive ketones (excluding diaryl/α,β-unsaturated/α-hetero) is 1. The van der Waals surface area contributed by atoms with Crippen molar-refractivity contribution in [1.29, 1.82) is 0 Å². The van der Waals surface area contributed by atoms with Crippen molar-refractivity contribution >= 4 is 23.3 Å². The van der Waals surface area contributed by atoms with Crippen LogP contribution in [-0.4, -0.2) is 64.7 Å². The van der Waals surface area contributed by atoms with E-state index in [0.717, 1.165) is 54.8 Å². The quantitative estimate of drug-likeness (QED) is 0.312. The molecular weight excluding hydrogens is 505 g/mol. The second-order valence-corrected chi connectivity index (χ2v) is 10.1. The van der Waals surface area contributed by atoms with Gasteiger partial charge in [0.25, 0.3) is 0 Å². The van der Waals surface area contributed by atoms with Crippen LogP contribution in [0.25, 0.3) is 0 Å². The Labute approximate surface area is 233 Å². The number of hydrogen-bond donors (Lipinski definition) is 1. The van der Waals surface area contributed by atoms with E-state index >= 15 is 0 Å². The van der Waals surface area contributed by atoms with Gasteiger partial charge in [0, 0.05) is 50.3 Å². The number of anilines is 2. The Morgan fingerprint density at radius 1 is 0.825 bits per heavy atom. The van der Waals surface area contributed by atoms with Crippen LogP contribution in [0.2, 0.25) is 0 Å². The van der Waals surface area contributed by atoms with Crippen molar-refractivity contribution in [3.8, 4) is 0 Å². The first-order chi connectivity index (χ1) is 19.4. The molecule has 4 aromatic rings. The third kappa shape index (κ3) is 7.15. The number of aromatic nitrogens is 2. The van der Waals surface area contributed by atoms with Crippen molar-refractivity contribution in [2.75, 3.05) is 38.5 Å². The average Bonchev–Trinajstić information content (AvgIpc) is 2.97. The lowest BCUT2D eigenvalue weighted by atomic mass is 10.0. The van der Waals surface area contributed by atoms with Crippen molar-refractivity contribution in [2.45, 2.75) is 19.3 Å². The van der Waals surface area contributed by atoms with Crippen LogP contribution in [0.3, 0.4) is 0 Å². The van der Waals surface area contributed by atoms with Crippen LogP contribution in [-0.2, 0) is 24.1 Å². The van der Waals surface area contributed by atoms with Crippen molar-refractivity contribution in [3.63, 3.8) is 0 Å². The lowest BCUT2D eigenvalue weighted by molar-refractivity contribution is -0.132. The minimum Gasteiger partial charge on any atom is -0.340 e. The molecule has 1 amide bonds. The third-order valence-corrected chi connectivity index (χ3v) is 7.09. The molecule has 1 saturated heterocycles. The standard InChI is InChI=1S/C32H32FN5O2/c1-37-15-17-38(18-16-37)31(40)21-25-9-13-27(14-10-25)35-32-34-22-28(33)29(36-32)19-24-7-11-26(12-8-24)30(39)20-23-5-3-2-4-6-23/h2-14,22H,15-21H2,1H3,(H,34,35,36). The van der Waals surface area contributed by atoms with Crippen LogP contribution in [0.15, 0.2) is 85.1 Å².